The molecule has 1 saturated heterocycles. The van der Waals surface area contributed by atoms with E-state index < -0.39 is 0 Å². The van der Waals surface area contributed by atoms with Gasteiger partial charge in [0.05, 0.1) is 4.92 Å². The molecule has 140 valence electrons. The van der Waals surface area contributed by atoms with Gasteiger partial charge in [-0.3, -0.25) is 19.4 Å². The summed E-state index contributed by atoms with van der Waals surface area (Å²) in [4.78, 5) is 19.4. The molecule has 0 N–H and O–H groups in total. The Kier molecular flexibility index (Phi) is 5.16. The molecular formula is C17H19N7O2S. The van der Waals surface area contributed by atoms with Crippen molar-refractivity contribution in [2.75, 3.05) is 43.4 Å². The van der Waals surface area contributed by atoms with Gasteiger partial charge in [-0.05, 0) is 18.2 Å². The van der Waals surface area contributed by atoms with E-state index >= 15 is 0 Å². The van der Waals surface area contributed by atoms with Crippen molar-refractivity contribution in [2.24, 2.45) is 0 Å². The van der Waals surface area contributed by atoms with E-state index in [0.717, 1.165) is 49.3 Å². The second-order valence-electron chi connectivity index (χ2n) is 6.19. The number of nitro groups is 1. The van der Waals surface area contributed by atoms with Crippen LogP contribution in [0.15, 0.2) is 47.9 Å². The van der Waals surface area contributed by atoms with Crippen molar-refractivity contribution in [1.82, 2.24) is 24.5 Å². The first kappa shape index (κ1) is 17.7. The van der Waals surface area contributed by atoms with Gasteiger partial charge in [-0.25, -0.2) is 4.98 Å². The molecular weight excluding hydrogens is 366 g/mol. The molecule has 27 heavy (non-hydrogen) atoms. The lowest BCUT2D eigenvalue weighted by molar-refractivity contribution is -0.384. The number of anilines is 1. The lowest BCUT2D eigenvalue weighted by atomic mass is 10.3. The third-order valence-corrected chi connectivity index (χ3v) is 5.48. The van der Waals surface area contributed by atoms with Gasteiger partial charge in [0.2, 0.25) is 5.82 Å². The zero-order valence-electron chi connectivity index (χ0n) is 14.6. The first-order valence-corrected chi connectivity index (χ1v) is 9.70. The molecule has 0 atom stereocenters. The molecule has 10 heteroatoms. The fraction of sp³-hybridized carbons (Fsp3) is 0.353. The van der Waals surface area contributed by atoms with E-state index in [0.29, 0.717) is 5.82 Å². The summed E-state index contributed by atoms with van der Waals surface area (Å²) in [7, 11) is 0. The Hall–Kier alpha value is -2.72. The maximum absolute atomic E-state index is 11.2. The van der Waals surface area contributed by atoms with Crippen LogP contribution in [0, 0.1) is 10.1 Å². The molecule has 4 rings (SSSR count). The van der Waals surface area contributed by atoms with Crippen LogP contribution in [-0.2, 0) is 0 Å². The van der Waals surface area contributed by atoms with Gasteiger partial charge in [0, 0.05) is 56.9 Å². The lowest BCUT2D eigenvalue weighted by Crippen LogP contribution is -2.47. The van der Waals surface area contributed by atoms with Crippen LogP contribution < -0.4 is 4.90 Å². The van der Waals surface area contributed by atoms with Gasteiger partial charge in [-0.2, -0.15) is 0 Å². The monoisotopic (exact) mass is 385 g/mol. The number of thioether (sulfide) groups is 1. The van der Waals surface area contributed by atoms with E-state index in [9.17, 15) is 10.1 Å². The Morgan fingerprint density at radius 1 is 1.11 bits per heavy atom. The second-order valence-corrected chi connectivity index (χ2v) is 7.25. The van der Waals surface area contributed by atoms with Crippen molar-refractivity contribution in [3.63, 3.8) is 0 Å². The molecule has 1 aliphatic heterocycles. The van der Waals surface area contributed by atoms with Crippen LogP contribution in [-0.4, -0.2) is 67.9 Å². The van der Waals surface area contributed by atoms with Crippen molar-refractivity contribution < 1.29 is 4.92 Å². The predicted octanol–water partition coefficient (Wildman–Crippen LogP) is 1.95. The molecule has 1 fully saturated rings. The number of pyridine rings is 2. The summed E-state index contributed by atoms with van der Waals surface area (Å²) < 4.78 is 1.99. The van der Waals surface area contributed by atoms with Crippen LogP contribution in [0.1, 0.15) is 0 Å². The quantitative estimate of drug-likeness (QED) is 0.361. The zero-order chi connectivity index (χ0) is 18.6. The van der Waals surface area contributed by atoms with Gasteiger partial charge in [0.25, 0.3) is 0 Å². The van der Waals surface area contributed by atoms with E-state index in [1.165, 1.54) is 6.07 Å². The van der Waals surface area contributed by atoms with Gasteiger partial charge in [-0.15, -0.1) is 10.2 Å². The maximum atomic E-state index is 11.2. The molecule has 0 aromatic carbocycles. The Morgan fingerprint density at radius 3 is 2.78 bits per heavy atom. The molecule has 4 heterocycles. The Morgan fingerprint density at radius 2 is 1.96 bits per heavy atom. The smallest absolute Gasteiger partial charge is 0.311 e. The number of fused-ring (bicyclic) bond motifs is 1. The predicted molar refractivity (Wildman–Crippen MR) is 103 cm³/mol. The van der Waals surface area contributed by atoms with Crippen molar-refractivity contribution in [3.05, 3.63) is 52.8 Å². The zero-order valence-corrected chi connectivity index (χ0v) is 15.5. The van der Waals surface area contributed by atoms with E-state index in [-0.39, 0.29) is 10.6 Å². The second kappa shape index (κ2) is 7.89. The Labute approximate surface area is 160 Å². The third kappa shape index (κ3) is 3.86. The number of piperazine rings is 1. The highest BCUT2D eigenvalue weighted by atomic mass is 32.2. The highest BCUT2D eigenvalue weighted by molar-refractivity contribution is 7.99. The molecule has 0 saturated carbocycles. The highest BCUT2D eigenvalue weighted by Crippen LogP contribution is 2.25. The molecule has 0 amide bonds. The molecule has 3 aromatic heterocycles. The number of rotatable bonds is 6. The number of hydrogen-bond acceptors (Lipinski definition) is 8. The van der Waals surface area contributed by atoms with Crippen molar-refractivity contribution in [2.45, 2.75) is 5.16 Å². The van der Waals surface area contributed by atoms with Crippen molar-refractivity contribution in [3.8, 4) is 0 Å². The fourth-order valence-corrected chi connectivity index (χ4v) is 4.07. The van der Waals surface area contributed by atoms with E-state index in [4.69, 9.17) is 0 Å². The molecule has 0 bridgehead atoms. The van der Waals surface area contributed by atoms with Gasteiger partial charge in [-0.1, -0.05) is 17.8 Å². The minimum Gasteiger partial charge on any atom is -0.348 e. The molecule has 0 radical (unpaired) electrons. The number of aromatic nitrogens is 4. The first-order valence-electron chi connectivity index (χ1n) is 8.71. The van der Waals surface area contributed by atoms with Crippen LogP contribution in [0.4, 0.5) is 11.5 Å². The molecule has 0 aliphatic carbocycles. The van der Waals surface area contributed by atoms with E-state index in [1.807, 2.05) is 33.7 Å². The average molecular weight is 385 g/mol. The van der Waals surface area contributed by atoms with Crippen LogP contribution in [0.3, 0.4) is 0 Å². The van der Waals surface area contributed by atoms with E-state index in [1.54, 1.807) is 24.0 Å². The van der Waals surface area contributed by atoms with Crippen molar-refractivity contribution >= 4 is 28.9 Å². The molecule has 1 aliphatic rings. The molecule has 3 aromatic rings. The number of hydrogen-bond donors (Lipinski definition) is 0. The van der Waals surface area contributed by atoms with Crippen molar-refractivity contribution in [1.29, 1.82) is 0 Å². The largest absolute Gasteiger partial charge is 0.348 e. The third-order valence-electron chi connectivity index (χ3n) is 4.56. The van der Waals surface area contributed by atoms with Crippen LogP contribution in [0.5, 0.6) is 0 Å². The summed E-state index contributed by atoms with van der Waals surface area (Å²) in [5.41, 5.74) is 0.922. The Balaban J connectivity index is 1.29. The highest BCUT2D eigenvalue weighted by Gasteiger charge is 2.24. The lowest BCUT2D eigenvalue weighted by Gasteiger charge is -2.34. The number of nitrogens with zero attached hydrogens (tertiary/aromatic N) is 7. The van der Waals surface area contributed by atoms with Crippen LogP contribution >= 0.6 is 11.8 Å². The average Bonchev–Trinajstić information content (AvgIpc) is 3.12. The van der Waals surface area contributed by atoms with Gasteiger partial charge in [0.1, 0.15) is 0 Å². The minimum absolute atomic E-state index is 0.0696. The standard InChI is InChI=1S/C17H19N7O2S/c25-24(26)14-4-3-6-18-16(14)22-10-8-21(9-11-22)12-13-27-17-20-19-15-5-1-2-7-23(15)17/h1-7H,8-13H2. The fourth-order valence-electron chi connectivity index (χ4n) is 3.14. The summed E-state index contributed by atoms with van der Waals surface area (Å²) in [6.07, 6.45) is 3.57. The summed E-state index contributed by atoms with van der Waals surface area (Å²) in [6.45, 7) is 4.11. The summed E-state index contributed by atoms with van der Waals surface area (Å²) >= 11 is 1.69. The van der Waals surface area contributed by atoms with Crippen LogP contribution in [0.2, 0.25) is 0 Å². The summed E-state index contributed by atoms with van der Waals surface area (Å²) in [6, 6.07) is 8.96. The minimum atomic E-state index is -0.367. The molecule has 0 spiro atoms. The summed E-state index contributed by atoms with van der Waals surface area (Å²) in [5, 5.41) is 20.5. The topological polar surface area (TPSA) is 92.7 Å². The normalized spacial score (nSPS) is 15.3. The van der Waals surface area contributed by atoms with E-state index in [2.05, 4.69) is 20.1 Å². The van der Waals surface area contributed by atoms with Crippen LogP contribution in [0.25, 0.3) is 5.65 Å². The van der Waals surface area contributed by atoms with Gasteiger partial charge >= 0.3 is 5.69 Å². The van der Waals surface area contributed by atoms with Gasteiger partial charge < -0.3 is 4.90 Å². The maximum Gasteiger partial charge on any atom is 0.311 e. The SMILES string of the molecule is O=[N+]([O-])c1cccnc1N1CCN(CCSc2nnc3ccccn23)CC1. The molecule has 9 nitrogen and oxygen atoms in total. The Bertz CT molecular complexity index is 940. The molecule has 0 unspecified atom stereocenters. The van der Waals surface area contributed by atoms with Gasteiger partial charge in [0.15, 0.2) is 10.8 Å². The first-order chi connectivity index (χ1) is 13.2. The summed E-state index contributed by atoms with van der Waals surface area (Å²) in [5.74, 6) is 1.38.